The van der Waals surface area contributed by atoms with E-state index in [2.05, 4.69) is 4.74 Å². The molecule has 12 heteroatoms. The first-order valence-electron chi connectivity index (χ1n) is 5.76. The lowest BCUT2D eigenvalue weighted by atomic mass is 10.2. The van der Waals surface area contributed by atoms with Crippen LogP contribution in [-0.2, 0) is 14.3 Å². The minimum absolute atomic E-state index is 0.0444. The summed E-state index contributed by atoms with van der Waals surface area (Å²) in [5.74, 6) is -9.45. The fourth-order valence-corrected chi connectivity index (χ4v) is 1.76. The summed E-state index contributed by atoms with van der Waals surface area (Å²) in [6.45, 7) is -2.84. The fourth-order valence-electron chi connectivity index (χ4n) is 1.76. The quantitative estimate of drug-likeness (QED) is 0.584. The van der Waals surface area contributed by atoms with Crippen LogP contribution in [0.3, 0.4) is 0 Å². The first-order chi connectivity index (χ1) is 9.77. The zero-order chi connectivity index (χ0) is 17.3. The van der Waals surface area contributed by atoms with Crippen molar-refractivity contribution in [1.29, 1.82) is 0 Å². The Bertz CT molecular complexity index is 444. The molecule has 1 aliphatic heterocycles. The van der Waals surface area contributed by atoms with Gasteiger partial charge in [-0.25, -0.2) is 4.79 Å². The molecule has 1 heterocycles. The summed E-state index contributed by atoms with van der Waals surface area (Å²) >= 11 is 0. The molecule has 0 saturated carbocycles. The van der Waals surface area contributed by atoms with Crippen LogP contribution in [0.1, 0.15) is 12.8 Å². The number of carbonyl (C=O) groups is 2. The van der Waals surface area contributed by atoms with E-state index in [9.17, 15) is 44.7 Å². The molecule has 1 atom stereocenters. The van der Waals surface area contributed by atoms with Crippen molar-refractivity contribution in [2.45, 2.75) is 37.2 Å². The van der Waals surface area contributed by atoms with Crippen molar-refractivity contribution in [1.82, 2.24) is 4.90 Å². The minimum Gasteiger partial charge on any atom is -0.457 e. The summed E-state index contributed by atoms with van der Waals surface area (Å²) in [7, 11) is 0. The van der Waals surface area contributed by atoms with Gasteiger partial charge in [0.25, 0.3) is 0 Å². The number of hydrogen-bond donors (Lipinski definition) is 0. The van der Waals surface area contributed by atoms with Crippen LogP contribution in [0, 0.1) is 0 Å². The number of esters is 1. The summed E-state index contributed by atoms with van der Waals surface area (Å²) in [5, 5.41) is 0. The Morgan fingerprint density at radius 1 is 1.05 bits per heavy atom. The van der Waals surface area contributed by atoms with Gasteiger partial charge in [-0.3, -0.25) is 4.79 Å². The average Bonchev–Trinajstić information content (AvgIpc) is 2.81. The van der Waals surface area contributed by atoms with Gasteiger partial charge in [-0.1, -0.05) is 0 Å². The highest BCUT2D eigenvalue weighted by atomic mass is 19.4. The van der Waals surface area contributed by atoms with E-state index < -0.39 is 49.3 Å². The van der Waals surface area contributed by atoms with Crippen molar-refractivity contribution >= 4 is 11.9 Å². The third-order valence-corrected chi connectivity index (χ3v) is 2.84. The second kappa shape index (κ2) is 5.88. The Labute approximate surface area is 118 Å². The molecule has 1 rings (SSSR count). The predicted octanol–water partition coefficient (Wildman–Crippen LogP) is 2.28. The number of halogens is 8. The van der Waals surface area contributed by atoms with Crippen LogP contribution in [0.5, 0.6) is 0 Å². The smallest absolute Gasteiger partial charge is 0.457 e. The van der Waals surface area contributed by atoms with E-state index in [4.69, 9.17) is 0 Å². The van der Waals surface area contributed by atoms with E-state index in [1.54, 1.807) is 0 Å². The summed E-state index contributed by atoms with van der Waals surface area (Å²) in [6.07, 6.45) is -11.6. The van der Waals surface area contributed by atoms with Crippen molar-refractivity contribution in [3.8, 4) is 0 Å². The normalized spacial score (nSPS) is 20.2. The molecule has 1 saturated heterocycles. The second-order valence-corrected chi connectivity index (χ2v) is 4.46. The number of alkyl halides is 8. The van der Waals surface area contributed by atoms with Crippen LogP contribution >= 0.6 is 0 Å². The van der Waals surface area contributed by atoms with Crippen molar-refractivity contribution in [3.05, 3.63) is 0 Å². The zero-order valence-electron chi connectivity index (χ0n) is 10.6. The fraction of sp³-hybridized carbons (Fsp3) is 0.800. The highest BCUT2D eigenvalue weighted by molar-refractivity contribution is 5.88. The summed E-state index contributed by atoms with van der Waals surface area (Å²) in [6, 6.07) is -1.84. The van der Waals surface area contributed by atoms with Gasteiger partial charge in [0.2, 0.25) is 0 Å². The average molecular weight is 343 g/mol. The molecule has 0 aromatic heterocycles. The molecular weight excluding hydrogens is 334 g/mol. The molecule has 4 nitrogen and oxygen atoms in total. The van der Waals surface area contributed by atoms with Crippen LogP contribution < -0.4 is 0 Å². The zero-order valence-corrected chi connectivity index (χ0v) is 10.6. The van der Waals surface area contributed by atoms with E-state index in [-0.39, 0.29) is 17.7 Å². The number of likely N-dealkylation sites (tertiary alicyclic amines) is 1. The van der Waals surface area contributed by atoms with Gasteiger partial charge >= 0.3 is 30.2 Å². The van der Waals surface area contributed by atoms with Crippen LogP contribution in [0.4, 0.5) is 35.1 Å². The van der Waals surface area contributed by atoms with E-state index in [1.807, 2.05) is 0 Å². The molecule has 1 fully saturated rings. The number of carbonyl (C=O) groups excluding carboxylic acids is 2. The maximum absolute atomic E-state index is 12.6. The maximum atomic E-state index is 12.6. The van der Waals surface area contributed by atoms with E-state index in [0.717, 1.165) is 0 Å². The number of hydrogen-bond acceptors (Lipinski definition) is 3. The van der Waals surface area contributed by atoms with Crippen molar-refractivity contribution < 1.29 is 49.4 Å². The van der Waals surface area contributed by atoms with E-state index in [1.165, 1.54) is 0 Å². The van der Waals surface area contributed by atoms with Gasteiger partial charge in [0.1, 0.15) is 6.04 Å². The molecule has 0 bridgehead atoms. The maximum Gasteiger partial charge on any atom is 0.471 e. The lowest BCUT2D eigenvalue weighted by molar-refractivity contribution is -0.294. The molecule has 0 aliphatic carbocycles. The Balaban J connectivity index is 2.71. The Morgan fingerprint density at radius 2 is 1.59 bits per heavy atom. The third kappa shape index (κ3) is 3.97. The molecule has 0 aromatic carbocycles. The molecule has 1 aliphatic rings. The lowest BCUT2D eigenvalue weighted by Gasteiger charge is -2.25. The lowest BCUT2D eigenvalue weighted by Crippen LogP contribution is -2.48. The standard InChI is InChI=1S/C10H9F8NO3/c11-8(12,10(16,17)18)4-22-6(20)5-2-1-3-19(5)7(21)9(13,14)15/h5H,1-4H2. The van der Waals surface area contributed by atoms with Gasteiger partial charge in [-0.2, -0.15) is 35.1 Å². The van der Waals surface area contributed by atoms with Gasteiger partial charge in [0, 0.05) is 6.54 Å². The monoisotopic (exact) mass is 343 g/mol. The topological polar surface area (TPSA) is 46.6 Å². The molecule has 1 amide bonds. The van der Waals surface area contributed by atoms with Crippen molar-refractivity contribution in [3.63, 3.8) is 0 Å². The Kier molecular flexibility index (Phi) is 4.92. The first kappa shape index (κ1) is 18.4. The molecule has 0 spiro atoms. The number of amides is 1. The molecule has 0 radical (unpaired) electrons. The summed E-state index contributed by atoms with van der Waals surface area (Å²) in [5.41, 5.74) is 0. The largest absolute Gasteiger partial charge is 0.471 e. The summed E-state index contributed by atoms with van der Waals surface area (Å²) < 4.78 is 101. The van der Waals surface area contributed by atoms with Crippen molar-refractivity contribution in [2.24, 2.45) is 0 Å². The molecule has 22 heavy (non-hydrogen) atoms. The minimum atomic E-state index is -5.97. The van der Waals surface area contributed by atoms with Gasteiger partial charge in [-0.15, -0.1) is 0 Å². The first-order valence-corrected chi connectivity index (χ1v) is 5.76. The highest BCUT2D eigenvalue weighted by Crippen LogP contribution is 2.36. The van der Waals surface area contributed by atoms with Crippen LogP contribution in [0.25, 0.3) is 0 Å². The SMILES string of the molecule is O=C(OCC(F)(F)C(F)(F)F)C1CCCN1C(=O)C(F)(F)F. The Hall–Kier alpha value is -1.62. The Morgan fingerprint density at radius 3 is 2.05 bits per heavy atom. The molecule has 0 aromatic rings. The van der Waals surface area contributed by atoms with Crippen LogP contribution in [-0.4, -0.2) is 54.2 Å². The van der Waals surface area contributed by atoms with Crippen LogP contribution in [0.2, 0.25) is 0 Å². The number of rotatable bonds is 3. The summed E-state index contributed by atoms with van der Waals surface area (Å²) in [4.78, 5) is 22.4. The molecule has 1 unspecified atom stereocenters. The van der Waals surface area contributed by atoms with Gasteiger partial charge in [0.05, 0.1) is 0 Å². The molecular formula is C10H9F8NO3. The van der Waals surface area contributed by atoms with E-state index in [0.29, 0.717) is 0 Å². The van der Waals surface area contributed by atoms with Crippen LogP contribution in [0.15, 0.2) is 0 Å². The number of ether oxygens (including phenoxy) is 1. The predicted molar refractivity (Wildman–Crippen MR) is 52.8 cm³/mol. The third-order valence-electron chi connectivity index (χ3n) is 2.84. The van der Waals surface area contributed by atoms with E-state index >= 15 is 0 Å². The van der Waals surface area contributed by atoms with Gasteiger partial charge in [0.15, 0.2) is 6.61 Å². The highest BCUT2D eigenvalue weighted by Gasteiger charge is 2.59. The van der Waals surface area contributed by atoms with Gasteiger partial charge < -0.3 is 9.64 Å². The number of nitrogens with zero attached hydrogens (tertiary/aromatic N) is 1. The molecule has 0 N–H and O–H groups in total. The molecule has 128 valence electrons. The second-order valence-electron chi connectivity index (χ2n) is 4.46. The van der Waals surface area contributed by atoms with Crippen molar-refractivity contribution in [2.75, 3.05) is 13.2 Å². The van der Waals surface area contributed by atoms with Gasteiger partial charge in [-0.05, 0) is 12.8 Å².